The van der Waals surface area contributed by atoms with Crippen LogP contribution in [0.1, 0.15) is 32.4 Å². The van der Waals surface area contributed by atoms with Crippen molar-refractivity contribution in [2.24, 2.45) is 5.92 Å². The predicted molar refractivity (Wildman–Crippen MR) is 115 cm³/mol. The second-order valence-corrected chi connectivity index (χ2v) is 8.06. The molecule has 10 nitrogen and oxygen atoms in total. The summed E-state index contributed by atoms with van der Waals surface area (Å²) in [5, 5.41) is 21.4. The summed E-state index contributed by atoms with van der Waals surface area (Å²) in [4.78, 5) is 9.28. The molecule has 1 aliphatic rings. The van der Waals surface area contributed by atoms with Gasteiger partial charge in [0, 0.05) is 25.4 Å². The van der Waals surface area contributed by atoms with Gasteiger partial charge in [0.15, 0.2) is 23.1 Å². The highest BCUT2D eigenvalue weighted by Crippen LogP contribution is 2.34. The molecule has 4 heterocycles. The van der Waals surface area contributed by atoms with Crippen molar-refractivity contribution in [1.82, 2.24) is 30.2 Å². The first kappa shape index (κ1) is 21.1. The van der Waals surface area contributed by atoms with Crippen LogP contribution in [0.3, 0.4) is 0 Å². The van der Waals surface area contributed by atoms with E-state index in [1.807, 2.05) is 11.5 Å². The highest BCUT2D eigenvalue weighted by molar-refractivity contribution is 5.88. The number of pyridine rings is 1. The van der Waals surface area contributed by atoms with Crippen LogP contribution in [0.2, 0.25) is 0 Å². The Balaban J connectivity index is 1.81. The summed E-state index contributed by atoms with van der Waals surface area (Å²) in [7, 11) is 0. The van der Waals surface area contributed by atoms with Crippen LogP contribution >= 0.6 is 0 Å². The molecule has 1 saturated heterocycles. The molecule has 0 bridgehead atoms. The van der Waals surface area contributed by atoms with Gasteiger partial charge in [0.25, 0.3) is 0 Å². The normalized spacial score (nSPS) is 18.6. The van der Waals surface area contributed by atoms with E-state index in [1.54, 1.807) is 13.1 Å². The summed E-state index contributed by atoms with van der Waals surface area (Å²) in [6.07, 6.45) is 9.55. The molecule has 0 aromatic carbocycles. The van der Waals surface area contributed by atoms with E-state index in [2.05, 4.69) is 26.5 Å². The van der Waals surface area contributed by atoms with Crippen molar-refractivity contribution in [3.63, 3.8) is 0 Å². The molecule has 31 heavy (non-hydrogen) atoms. The van der Waals surface area contributed by atoms with Crippen LogP contribution < -0.4 is 15.8 Å². The monoisotopic (exact) mass is 425 g/mol. The van der Waals surface area contributed by atoms with Gasteiger partial charge in [-0.1, -0.05) is 5.92 Å². The van der Waals surface area contributed by atoms with Gasteiger partial charge in [0.2, 0.25) is 0 Å². The maximum absolute atomic E-state index is 10.4. The number of nitrogen functional groups attached to an aromatic ring is 1. The van der Waals surface area contributed by atoms with Gasteiger partial charge in [0.05, 0.1) is 18.5 Å². The van der Waals surface area contributed by atoms with Crippen molar-refractivity contribution in [3.8, 4) is 29.6 Å². The molecule has 0 radical (unpaired) electrons. The van der Waals surface area contributed by atoms with E-state index >= 15 is 0 Å². The molecule has 2 atom stereocenters. The molecule has 1 unspecified atom stereocenters. The van der Waals surface area contributed by atoms with E-state index in [0.717, 1.165) is 31.4 Å². The number of fused-ring (bicyclic) bond motifs is 1. The lowest BCUT2D eigenvalue weighted by Gasteiger charge is -2.23. The van der Waals surface area contributed by atoms with Crippen LogP contribution in [0.5, 0.6) is 5.75 Å². The first-order chi connectivity index (χ1) is 14.9. The number of piperidine rings is 1. The zero-order valence-corrected chi connectivity index (χ0v) is 17.8. The molecule has 1 fully saturated rings. The Kier molecular flexibility index (Phi) is 5.80. The van der Waals surface area contributed by atoms with Crippen LogP contribution in [0.15, 0.2) is 10.8 Å². The number of aliphatic hydroxyl groups is 1. The molecule has 164 valence electrons. The van der Waals surface area contributed by atoms with Crippen molar-refractivity contribution < 1.29 is 14.5 Å². The van der Waals surface area contributed by atoms with Crippen molar-refractivity contribution in [2.45, 2.75) is 45.3 Å². The summed E-state index contributed by atoms with van der Waals surface area (Å²) < 4.78 is 12.9. The number of aryl methyl sites for hydroxylation is 1. The number of hydrogen-bond donors (Lipinski definition) is 3. The minimum atomic E-state index is -1.36. The van der Waals surface area contributed by atoms with Gasteiger partial charge in [-0.3, -0.25) is 4.98 Å². The molecule has 0 aliphatic carbocycles. The van der Waals surface area contributed by atoms with Gasteiger partial charge in [0.1, 0.15) is 16.6 Å². The Morgan fingerprint density at radius 3 is 2.97 bits per heavy atom. The SMILES string of the molecule is C#CC(C)(O)Cc1ncc(OC[C@H]2CCCNC2)c2c1nc(-c1nonc1N)n2CC. The number of terminal acetylenes is 1. The van der Waals surface area contributed by atoms with E-state index < -0.39 is 5.60 Å². The highest BCUT2D eigenvalue weighted by Gasteiger charge is 2.27. The van der Waals surface area contributed by atoms with Gasteiger partial charge in [-0.05, 0) is 43.5 Å². The van der Waals surface area contributed by atoms with Gasteiger partial charge in [-0.15, -0.1) is 6.42 Å². The average Bonchev–Trinajstić information content (AvgIpc) is 3.37. The second-order valence-electron chi connectivity index (χ2n) is 8.06. The minimum Gasteiger partial charge on any atom is -0.489 e. The number of ether oxygens (including phenoxy) is 1. The third-order valence-electron chi connectivity index (χ3n) is 5.55. The van der Waals surface area contributed by atoms with Crippen molar-refractivity contribution in [2.75, 3.05) is 25.4 Å². The molecule has 0 spiro atoms. The topological polar surface area (TPSA) is 137 Å². The maximum atomic E-state index is 10.4. The first-order valence-electron chi connectivity index (χ1n) is 10.4. The molecule has 10 heteroatoms. The molecular weight excluding hydrogens is 398 g/mol. The lowest BCUT2D eigenvalue weighted by Crippen LogP contribution is -2.33. The Labute approximate surface area is 180 Å². The summed E-state index contributed by atoms with van der Waals surface area (Å²) in [6, 6.07) is 0. The van der Waals surface area contributed by atoms with Crippen molar-refractivity contribution in [1.29, 1.82) is 0 Å². The molecule has 4 rings (SSSR count). The van der Waals surface area contributed by atoms with Crippen LogP contribution in [0.25, 0.3) is 22.6 Å². The number of imidazole rings is 1. The van der Waals surface area contributed by atoms with Crippen LogP contribution in [0, 0.1) is 18.3 Å². The fourth-order valence-electron chi connectivity index (χ4n) is 3.89. The minimum absolute atomic E-state index is 0.138. The number of aromatic nitrogens is 5. The van der Waals surface area contributed by atoms with E-state index in [4.69, 9.17) is 26.5 Å². The smallest absolute Gasteiger partial charge is 0.199 e. The summed E-state index contributed by atoms with van der Waals surface area (Å²) in [5.74, 6) is 4.08. The molecule has 4 N–H and O–H groups in total. The van der Waals surface area contributed by atoms with Crippen LogP contribution in [-0.4, -0.2) is 55.3 Å². The molecule has 1 aliphatic heterocycles. The number of rotatable bonds is 7. The van der Waals surface area contributed by atoms with E-state index in [-0.39, 0.29) is 12.2 Å². The second kappa shape index (κ2) is 8.53. The third-order valence-corrected chi connectivity index (χ3v) is 5.55. The quantitative estimate of drug-likeness (QED) is 0.479. The molecule has 0 amide bonds. The number of nitrogens with one attached hydrogen (secondary N) is 1. The maximum Gasteiger partial charge on any atom is 0.199 e. The van der Waals surface area contributed by atoms with Gasteiger partial charge in [-0.2, -0.15) is 0 Å². The van der Waals surface area contributed by atoms with Crippen molar-refractivity contribution in [3.05, 3.63) is 11.9 Å². The lowest BCUT2D eigenvalue weighted by atomic mass is 10.00. The highest BCUT2D eigenvalue weighted by atomic mass is 16.6. The standard InChI is InChI=1S/C21H27N7O3/c1-4-21(3,29)9-14-16-18(15(11-24-14)30-12-13-7-6-8-23-10-13)28(5-2)20(25-16)17-19(22)27-31-26-17/h1,11,13,23,29H,5-10,12H2,2-3H3,(H2,22,27)/t13-,21?/m0/s1. The third kappa shape index (κ3) is 4.19. The fraction of sp³-hybridized carbons (Fsp3) is 0.524. The van der Waals surface area contributed by atoms with Gasteiger partial charge < -0.3 is 25.5 Å². The summed E-state index contributed by atoms with van der Waals surface area (Å²) >= 11 is 0. The number of nitrogens with zero attached hydrogens (tertiary/aromatic N) is 5. The Hall–Kier alpha value is -3.16. The molecule has 3 aromatic rings. The average molecular weight is 425 g/mol. The Bertz CT molecular complexity index is 1110. The van der Waals surface area contributed by atoms with E-state index in [1.165, 1.54) is 0 Å². The fourth-order valence-corrected chi connectivity index (χ4v) is 3.89. The van der Waals surface area contributed by atoms with Crippen LogP contribution in [0.4, 0.5) is 5.82 Å². The zero-order chi connectivity index (χ0) is 22.0. The Morgan fingerprint density at radius 1 is 1.48 bits per heavy atom. The number of hydrogen-bond acceptors (Lipinski definition) is 9. The van der Waals surface area contributed by atoms with E-state index in [9.17, 15) is 5.11 Å². The summed E-state index contributed by atoms with van der Waals surface area (Å²) in [6.45, 7) is 6.68. The van der Waals surface area contributed by atoms with Gasteiger partial charge in [-0.25, -0.2) is 9.61 Å². The number of anilines is 1. The van der Waals surface area contributed by atoms with Crippen molar-refractivity contribution >= 4 is 16.9 Å². The van der Waals surface area contributed by atoms with E-state index in [0.29, 0.717) is 47.5 Å². The zero-order valence-electron chi connectivity index (χ0n) is 17.8. The largest absolute Gasteiger partial charge is 0.489 e. The number of nitrogens with two attached hydrogens (primary N) is 1. The molecule has 0 saturated carbocycles. The lowest BCUT2D eigenvalue weighted by molar-refractivity contribution is 0.122. The predicted octanol–water partition coefficient (Wildman–Crippen LogP) is 1.39. The molecular formula is C21H27N7O3. The summed E-state index contributed by atoms with van der Waals surface area (Å²) in [5.41, 5.74) is 6.81. The molecule has 3 aromatic heterocycles. The van der Waals surface area contributed by atoms with Gasteiger partial charge >= 0.3 is 0 Å². The van der Waals surface area contributed by atoms with Crippen LogP contribution in [-0.2, 0) is 13.0 Å². The Morgan fingerprint density at radius 2 is 2.32 bits per heavy atom. The first-order valence-corrected chi connectivity index (χ1v) is 10.4.